The van der Waals surface area contributed by atoms with Crippen molar-refractivity contribution in [3.8, 4) is 0 Å². The molecule has 0 atom stereocenters. The zero-order chi connectivity index (χ0) is 10.8. The maximum absolute atomic E-state index is 9.23. The molecule has 1 aromatic rings. The monoisotopic (exact) mass is 212 g/mol. The summed E-state index contributed by atoms with van der Waals surface area (Å²) in [5.41, 5.74) is 0.821. The normalized spacial score (nSPS) is 12.1. The molecule has 0 aliphatic heterocycles. The Bertz CT molecular complexity index is 304. The molecule has 0 saturated carbocycles. The van der Waals surface area contributed by atoms with Crippen LogP contribution >= 0.6 is 0 Å². The highest BCUT2D eigenvalue weighted by atomic mass is 28.4. The summed E-state index contributed by atoms with van der Waals surface area (Å²) in [5, 5.41) is 0.300. The lowest BCUT2D eigenvalue weighted by Gasteiger charge is -2.15. The lowest BCUT2D eigenvalue weighted by molar-refractivity contribution is 0.249. The van der Waals surface area contributed by atoms with Gasteiger partial charge in [0.2, 0.25) is 0 Å². The summed E-state index contributed by atoms with van der Waals surface area (Å²) >= 11 is 0. The second-order valence-electron chi connectivity index (χ2n) is 3.89. The predicted molar refractivity (Wildman–Crippen MR) is 57.0 cm³/mol. The van der Waals surface area contributed by atoms with Gasteiger partial charge in [-0.15, -0.1) is 0 Å². The lowest BCUT2D eigenvalue weighted by Crippen LogP contribution is -2.50. The van der Waals surface area contributed by atoms with Crippen LogP contribution in [-0.2, 0) is 6.42 Å². The summed E-state index contributed by atoms with van der Waals surface area (Å²) in [6.07, 6.45) is 0.743. The van der Waals surface area contributed by atoms with Gasteiger partial charge in [0.05, 0.1) is 0 Å². The minimum absolute atomic E-state index is 0.300. The molecule has 0 aliphatic carbocycles. The van der Waals surface area contributed by atoms with Crippen LogP contribution < -0.4 is 5.19 Å². The predicted octanol–water partition coefficient (Wildman–Crippen LogP) is 0.00790. The summed E-state index contributed by atoms with van der Waals surface area (Å²) in [5.74, 6) is 0.424. The van der Waals surface area contributed by atoms with Gasteiger partial charge in [-0.05, 0) is 17.9 Å². The Morgan fingerprint density at radius 3 is 2.21 bits per heavy atom. The highest BCUT2D eigenvalue weighted by Gasteiger charge is 2.32. The molecule has 0 bridgehead atoms. The Morgan fingerprint density at radius 2 is 1.71 bits per heavy atom. The van der Waals surface area contributed by atoms with Gasteiger partial charge in [0.1, 0.15) is 0 Å². The summed E-state index contributed by atoms with van der Waals surface area (Å²) < 4.78 is 0. The molecule has 0 aliphatic rings. The van der Waals surface area contributed by atoms with Gasteiger partial charge in [-0.3, -0.25) is 0 Å². The van der Waals surface area contributed by atoms with Crippen LogP contribution in [0.25, 0.3) is 0 Å². The Balaban J connectivity index is 3.04. The maximum atomic E-state index is 9.23. The molecular formula is C10H16O3Si. The number of rotatable bonds is 3. The average molecular weight is 212 g/mol. The van der Waals surface area contributed by atoms with Crippen LogP contribution in [0.3, 0.4) is 0 Å². The first-order chi connectivity index (χ1) is 6.41. The number of benzene rings is 1. The number of hydrogen-bond acceptors (Lipinski definition) is 3. The molecule has 4 heteroatoms. The van der Waals surface area contributed by atoms with Crippen LogP contribution in [0.1, 0.15) is 19.4 Å². The molecule has 1 rings (SSSR count). The van der Waals surface area contributed by atoms with Crippen molar-refractivity contribution in [3.05, 3.63) is 29.8 Å². The van der Waals surface area contributed by atoms with Crippen LogP contribution in [0.5, 0.6) is 0 Å². The quantitative estimate of drug-likeness (QED) is 0.618. The third-order valence-electron chi connectivity index (χ3n) is 2.01. The molecule has 1 aromatic carbocycles. The van der Waals surface area contributed by atoms with Crippen molar-refractivity contribution in [3.63, 3.8) is 0 Å². The summed E-state index contributed by atoms with van der Waals surface area (Å²) in [6, 6.07) is 6.93. The Labute approximate surface area is 85.0 Å². The summed E-state index contributed by atoms with van der Waals surface area (Å²) in [4.78, 5) is 27.7. The zero-order valence-corrected chi connectivity index (χ0v) is 9.44. The van der Waals surface area contributed by atoms with E-state index in [2.05, 4.69) is 0 Å². The molecule has 0 aromatic heterocycles. The smallest absolute Gasteiger partial charge is 0.386 e. The second kappa shape index (κ2) is 4.23. The van der Waals surface area contributed by atoms with Crippen LogP contribution in [0.15, 0.2) is 24.3 Å². The third-order valence-corrected chi connectivity index (χ3v) is 3.22. The first-order valence-corrected chi connectivity index (χ1v) is 6.51. The van der Waals surface area contributed by atoms with E-state index in [1.807, 2.05) is 26.0 Å². The van der Waals surface area contributed by atoms with Crippen LogP contribution in [-0.4, -0.2) is 23.2 Å². The fourth-order valence-corrected chi connectivity index (χ4v) is 2.40. The standard InChI is InChI=1S/C10H16O3Si/c1-8(2)7-9-5-3-4-6-10(9)14(11,12)13/h3-6,8,11-13H,7H2,1-2H3. The van der Waals surface area contributed by atoms with Gasteiger partial charge in [0.25, 0.3) is 0 Å². The Hall–Kier alpha value is -0.683. The maximum Gasteiger partial charge on any atom is 0.529 e. The minimum atomic E-state index is -4.14. The third kappa shape index (κ3) is 2.92. The molecule has 78 valence electrons. The molecule has 0 unspecified atom stereocenters. The molecule has 0 heterocycles. The Kier molecular flexibility index (Phi) is 3.44. The number of hydrogen-bond donors (Lipinski definition) is 3. The topological polar surface area (TPSA) is 60.7 Å². The Morgan fingerprint density at radius 1 is 1.14 bits per heavy atom. The molecule has 0 spiro atoms. The van der Waals surface area contributed by atoms with Crippen molar-refractivity contribution >= 4 is 14.0 Å². The highest BCUT2D eigenvalue weighted by molar-refractivity contribution is 6.72. The van der Waals surface area contributed by atoms with Crippen molar-refractivity contribution in [2.24, 2.45) is 5.92 Å². The van der Waals surface area contributed by atoms with Gasteiger partial charge in [0.15, 0.2) is 0 Å². The average Bonchev–Trinajstić information content (AvgIpc) is 2.01. The van der Waals surface area contributed by atoms with Crippen LogP contribution in [0.4, 0.5) is 0 Å². The van der Waals surface area contributed by atoms with Gasteiger partial charge < -0.3 is 14.4 Å². The minimum Gasteiger partial charge on any atom is -0.386 e. The van der Waals surface area contributed by atoms with Gasteiger partial charge in [-0.25, -0.2) is 0 Å². The lowest BCUT2D eigenvalue weighted by atomic mass is 10.0. The van der Waals surface area contributed by atoms with Crippen molar-refractivity contribution in [1.29, 1.82) is 0 Å². The molecule has 3 N–H and O–H groups in total. The zero-order valence-electron chi connectivity index (χ0n) is 8.44. The molecule has 3 nitrogen and oxygen atoms in total. The van der Waals surface area contributed by atoms with E-state index in [9.17, 15) is 14.4 Å². The first kappa shape index (κ1) is 11.4. The van der Waals surface area contributed by atoms with E-state index in [1.54, 1.807) is 12.1 Å². The van der Waals surface area contributed by atoms with Gasteiger partial charge >= 0.3 is 8.80 Å². The van der Waals surface area contributed by atoms with E-state index in [0.29, 0.717) is 11.1 Å². The van der Waals surface area contributed by atoms with E-state index in [-0.39, 0.29) is 0 Å². The van der Waals surface area contributed by atoms with Crippen LogP contribution in [0.2, 0.25) is 0 Å². The largest absolute Gasteiger partial charge is 0.529 e. The van der Waals surface area contributed by atoms with Gasteiger partial charge in [0, 0.05) is 5.19 Å². The fraction of sp³-hybridized carbons (Fsp3) is 0.400. The van der Waals surface area contributed by atoms with E-state index in [1.165, 1.54) is 0 Å². The van der Waals surface area contributed by atoms with E-state index in [0.717, 1.165) is 12.0 Å². The van der Waals surface area contributed by atoms with Gasteiger partial charge in [-0.1, -0.05) is 38.1 Å². The van der Waals surface area contributed by atoms with Gasteiger partial charge in [-0.2, -0.15) is 0 Å². The van der Waals surface area contributed by atoms with Crippen molar-refractivity contribution in [2.75, 3.05) is 0 Å². The SMILES string of the molecule is CC(C)Cc1ccccc1[Si](O)(O)O. The van der Waals surface area contributed by atoms with E-state index in [4.69, 9.17) is 0 Å². The van der Waals surface area contributed by atoms with Crippen molar-refractivity contribution in [1.82, 2.24) is 0 Å². The van der Waals surface area contributed by atoms with Crippen molar-refractivity contribution < 1.29 is 14.4 Å². The molecular weight excluding hydrogens is 196 g/mol. The fourth-order valence-electron chi connectivity index (χ4n) is 1.47. The molecule has 0 radical (unpaired) electrons. The second-order valence-corrected chi connectivity index (χ2v) is 5.70. The summed E-state index contributed by atoms with van der Waals surface area (Å²) in [7, 11) is -4.14. The highest BCUT2D eigenvalue weighted by Crippen LogP contribution is 2.07. The van der Waals surface area contributed by atoms with Crippen LogP contribution in [0, 0.1) is 5.92 Å². The summed E-state index contributed by atoms with van der Waals surface area (Å²) in [6.45, 7) is 4.10. The molecule has 14 heavy (non-hydrogen) atoms. The molecule has 0 saturated heterocycles. The van der Waals surface area contributed by atoms with E-state index < -0.39 is 8.80 Å². The van der Waals surface area contributed by atoms with Crippen molar-refractivity contribution in [2.45, 2.75) is 20.3 Å². The van der Waals surface area contributed by atoms with E-state index >= 15 is 0 Å². The molecule has 0 amide bonds. The molecule has 0 fully saturated rings. The first-order valence-electron chi connectivity index (χ1n) is 4.66.